The van der Waals surface area contributed by atoms with Crippen LogP contribution in [0.4, 0.5) is 8.78 Å². The average Bonchev–Trinajstić information content (AvgIpc) is 2.42. The minimum atomic E-state index is -0.988. The summed E-state index contributed by atoms with van der Waals surface area (Å²) in [6.45, 7) is 5.58. The molecule has 7 heteroatoms. The number of nitrogens with one attached hydrogen (secondary N) is 1. The molecule has 21 heavy (non-hydrogen) atoms. The number of hydrogen-bond donors (Lipinski definition) is 1. The van der Waals surface area contributed by atoms with Crippen LogP contribution in [0.5, 0.6) is 5.75 Å². The average molecular weight is 321 g/mol. The molecule has 0 aromatic heterocycles. The summed E-state index contributed by atoms with van der Waals surface area (Å²) in [7, 11) is 0. The molecule has 1 aliphatic rings. The monoisotopic (exact) mass is 320 g/mol. The Bertz CT molecular complexity index is 502. The van der Waals surface area contributed by atoms with Gasteiger partial charge < -0.3 is 15.0 Å². The van der Waals surface area contributed by atoms with Gasteiger partial charge in [0.05, 0.1) is 0 Å². The fourth-order valence-electron chi connectivity index (χ4n) is 2.19. The molecule has 2 atom stereocenters. The van der Waals surface area contributed by atoms with Gasteiger partial charge in [-0.25, -0.2) is 8.78 Å². The van der Waals surface area contributed by atoms with Gasteiger partial charge >= 0.3 is 0 Å². The van der Waals surface area contributed by atoms with E-state index in [1.54, 1.807) is 11.8 Å². The van der Waals surface area contributed by atoms with Crippen molar-refractivity contribution in [2.45, 2.75) is 26.0 Å². The molecule has 1 heterocycles. The Balaban J connectivity index is 0.00000220. The third-order valence-electron chi connectivity index (χ3n) is 3.23. The highest BCUT2D eigenvalue weighted by Gasteiger charge is 2.25. The summed E-state index contributed by atoms with van der Waals surface area (Å²) in [5, 5.41) is 3.24. The molecule has 0 saturated carbocycles. The highest BCUT2D eigenvalue weighted by molar-refractivity contribution is 5.85. The second-order valence-corrected chi connectivity index (χ2v) is 4.98. The molecule has 0 bridgehead atoms. The van der Waals surface area contributed by atoms with Crippen molar-refractivity contribution < 1.29 is 18.3 Å². The van der Waals surface area contributed by atoms with E-state index in [0.29, 0.717) is 13.1 Å². The lowest BCUT2D eigenvalue weighted by atomic mass is 10.2. The number of hydrogen-bond acceptors (Lipinski definition) is 3. The normalized spacial score (nSPS) is 19.6. The molecule has 0 radical (unpaired) electrons. The molecule has 1 fully saturated rings. The van der Waals surface area contributed by atoms with E-state index < -0.39 is 17.7 Å². The first-order valence-electron chi connectivity index (χ1n) is 6.61. The van der Waals surface area contributed by atoms with E-state index in [0.717, 1.165) is 18.7 Å². The number of ether oxygens (including phenoxy) is 1. The molecular formula is C14H19ClF2N2O2. The van der Waals surface area contributed by atoms with Crippen molar-refractivity contribution in [1.82, 2.24) is 10.2 Å². The lowest BCUT2D eigenvalue weighted by Gasteiger charge is -2.33. The Morgan fingerprint density at radius 1 is 1.43 bits per heavy atom. The summed E-state index contributed by atoms with van der Waals surface area (Å²) >= 11 is 0. The number of benzene rings is 1. The van der Waals surface area contributed by atoms with E-state index in [1.807, 2.05) is 6.92 Å². The van der Waals surface area contributed by atoms with Crippen molar-refractivity contribution in [2.75, 3.05) is 19.6 Å². The molecule has 1 amide bonds. The number of rotatable bonds is 3. The zero-order valence-electron chi connectivity index (χ0n) is 11.9. The molecule has 1 aromatic carbocycles. The maximum atomic E-state index is 13.1. The zero-order valence-corrected chi connectivity index (χ0v) is 12.8. The Kier molecular flexibility index (Phi) is 6.36. The van der Waals surface area contributed by atoms with Crippen molar-refractivity contribution in [3.05, 3.63) is 29.8 Å². The van der Waals surface area contributed by atoms with E-state index in [4.69, 9.17) is 4.74 Å². The number of carbonyl (C=O) groups excluding carboxylic acids is 1. The molecular weight excluding hydrogens is 302 g/mol. The summed E-state index contributed by atoms with van der Waals surface area (Å²) in [4.78, 5) is 13.9. The van der Waals surface area contributed by atoms with Crippen LogP contribution >= 0.6 is 12.4 Å². The van der Waals surface area contributed by atoms with Crippen molar-refractivity contribution in [2.24, 2.45) is 0 Å². The van der Waals surface area contributed by atoms with Crippen LogP contribution in [0, 0.1) is 11.6 Å². The van der Waals surface area contributed by atoms with Crippen molar-refractivity contribution >= 4 is 18.3 Å². The van der Waals surface area contributed by atoms with Gasteiger partial charge in [0.15, 0.2) is 17.7 Å². The highest BCUT2D eigenvalue weighted by atomic mass is 35.5. The summed E-state index contributed by atoms with van der Waals surface area (Å²) in [6, 6.07) is 3.47. The molecule has 2 rings (SSSR count). The van der Waals surface area contributed by atoms with Crippen LogP contribution in [0.1, 0.15) is 13.8 Å². The minimum Gasteiger partial charge on any atom is -0.481 e. The SMILES string of the molecule is CC1CN(C(=O)C(C)Oc2ccc(F)c(F)c2)CCN1.Cl. The van der Waals surface area contributed by atoms with Gasteiger partial charge in [-0.3, -0.25) is 4.79 Å². The van der Waals surface area contributed by atoms with Crippen LogP contribution in [-0.4, -0.2) is 42.6 Å². The fraction of sp³-hybridized carbons (Fsp3) is 0.500. The Labute approximate surface area is 128 Å². The first kappa shape index (κ1) is 17.7. The number of carbonyl (C=O) groups is 1. The molecule has 1 aliphatic heterocycles. The van der Waals surface area contributed by atoms with Crippen LogP contribution in [0.25, 0.3) is 0 Å². The van der Waals surface area contributed by atoms with Crippen LogP contribution < -0.4 is 10.1 Å². The van der Waals surface area contributed by atoms with Crippen LogP contribution in [-0.2, 0) is 4.79 Å². The van der Waals surface area contributed by atoms with Gasteiger partial charge in [0.2, 0.25) is 0 Å². The fourth-order valence-corrected chi connectivity index (χ4v) is 2.19. The zero-order chi connectivity index (χ0) is 14.7. The summed E-state index contributed by atoms with van der Waals surface area (Å²) in [5.41, 5.74) is 0. The Morgan fingerprint density at radius 2 is 2.14 bits per heavy atom. The highest BCUT2D eigenvalue weighted by Crippen LogP contribution is 2.17. The van der Waals surface area contributed by atoms with Crippen LogP contribution in [0.3, 0.4) is 0 Å². The van der Waals surface area contributed by atoms with Gasteiger partial charge in [-0.05, 0) is 26.0 Å². The first-order valence-corrected chi connectivity index (χ1v) is 6.61. The van der Waals surface area contributed by atoms with E-state index in [9.17, 15) is 13.6 Å². The standard InChI is InChI=1S/C14H18F2N2O2.ClH/c1-9-8-18(6-5-17-9)14(19)10(2)20-11-3-4-12(15)13(16)7-11;/h3-4,7,9-10,17H,5-6,8H2,1-2H3;1H. The Hall–Kier alpha value is -1.40. The second-order valence-electron chi connectivity index (χ2n) is 4.98. The van der Waals surface area contributed by atoms with Gasteiger partial charge in [0.25, 0.3) is 5.91 Å². The van der Waals surface area contributed by atoms with Crippen LogP contribution in [0.2, 0.25) is 0 Å². The topological polar surface area (TPSA) is 41.6 Å². The third-order valence-corrected chi connectivity index (χ3v) is 3.23. The Morgan fingerprint density at radius 3 is 2.76 bits per heavy atom. The molecule has 1 saturated heterocycles. The maximum Gasteiger partial charge on any atom is 0.263 e. The third kappa shape index (κ3) is 4.54. The van der Waals surface area contributed by atoms with Crippen LogP contribution in [0.15, 0.2) is 18.2 Å². The largest absolute Gasteiger partial charge is 0.481 e. The number of piperazine rings is 1. The number of nitrogens with zero attached hydrogens (tertiary/aromatic N) is 1. The number of halogens is 3. The predicted molar refractivity (Wildman–Crippen MR) is 77.7 cm³/mol. The molecule has 1 N–H and O–H groups in total. The van der Waals surface area contributed by atoms with Gasteiger partial charge in [-0.2, -0.15) is 0 Å². The summed E-state index contributed by atoms with van der Waals surface area (Å²) < 4.78 is 31.3. The summed E-state index contributed by atoms with van der Waals surface area (Å²) in [6.07, 6.45) is -0.731. The molecule has 0 spiro atoms. The van der Waals surface area contributed by atoms with Crippen molar-refractivity contribution in [1.29, 1.82) is 0 Å². The quantitative estimate of drug-likeness (QED) is 0.926. The van der Waals surface area contributed by atoms with Crippen molar-refractivity contribution in [3.8, 4) is 5.75 Å². The molecule has 0 aliphatic carbocycles. The van der Waals surface area contributed by atoms with Gasteiger partial charge in [-0.1, -0.05) is 0 Å². The summed E-state index contributed by atoms with van der Waals surface area (Å²) in [5.74, 6) is -1.93. The second kappa shape index (κ2) is 7.56. The molecule has 1 aromatic rings. The van der Waals surface area contributed by atoms with E-state index >= 15 is 0 Å². The molecule has 2 unspecified atom stereocenters. The smallest absolute Gasteiger partial charge is 0.263 e. The molecule has 118 valence electrons. The maximum absolute atomic E-state index is 13.1. The minimum absolute atomic E-state index is 0. The number of amides is 1. The van der Waals surface area contributed by atoms with Gasteiger partial charge in [-0.15, -0.1) is 12.4 Å². The van der Waals surface area contributed by atoms with Crippen molar-refractivity contribution in [3.63, 3.8) is 0 Å². The predicted octanol–water partition coefficient (Wildman–Crippen LogP) is 1.97. The lowest BCUT2D eigenvalue weighted by Crippen LogP contribution is -2.54. The van der Waals surface area contributed by atoms with E-state index in [2.05, 4.69) is 5.32 Å². The first-order chi connectivity index (χ1) is 9.47. The van der Waals surface area contributed by atoms with Gasteiger partial charge in [0, 0.05) is 31.7 Å². The van der Waals surface area contributed by atoms with E-state index in [1.165, 1.54) is 6.07 Å². The van der Waals surface area contributed by atoms with E-state index in [-0.39, 0.29) is 30.1 Å². The lowest BCUT2D eigenvalue weighted by molar-refractivity contribution is -0.139. The molecule has 4 nitrogen and oxygen atoms in total. The van der Waals surface area contributed by atoms with Gasteiger partial charge in [0.1, 0.15) is 5.75 Å².